The first-order valence-electron chi connectivity index (χ1n) is 4.60. The van der Waals surface area contributed by atoms with E-state index in [0.29, 0.717) is 0 Å². The largest absolute Gasteiger partial charge is 0.355 e. The van der Waals surface area contributed by atoms with Crippen molar-refractivity contribution in [3.63, 3.8) is 0 Å². The van der Waals surface area contributed by atoms with Crippen LogP contribution in [0.25, 0.3) is 0 Å². The average Bonchev–Trinajstić information content (AvgIpc) is 1.82. The summed E-state index contributed by atoms with van der Waals surface area (Å²) in [7, 11) is 0. The summed E-state index contributed by atoms with van der Waals surface area (Å²) in [6.07, 6.45) is 1.00. The molecule has 0 fully saturated rings. The molecule has 0 aliphatic rings. The molecule has 0 radical (unpaired) electrons. The second-order valence-electron chi connectivity index (χ2n) is 5.04. The lowest BCUT2D eigenvalue weighted by Gasteiger charge is -2.20. The molecule has 1 amide bonds. The quantitative estimate of drug-likeness (QED) is 0.766. The van der Waals surface area contributed by atoms with Crippen LogP contribution >= 0.6 is 15.9 Å². The lowest BCUT2D eigenvalue weighted by Crippen LogP contribution is -2.38. The highest BCUT2D eigenvalue weighted by molar-refractivity contribution is 9.10. The molecule has 0 aliphatic heterocycles. The van der Waals surface area contributed by atoms with Crippen molar-refractivity contribution in [3.8, 4) is 0 Å². The molecule has 0 aromatic rings. The minimum atomic E-state index is -0.453. The Bertz CT molecular complexity index is 176. The fraction of sp³-hybridized carbons (Fsp3) is 0.900. The fourth-order valence-electron chi connectivity index (χ4n) is 0.761. The van der Waals surface area contributed by atoms with Gasteiger partial charge in [0.1, 0.15) is 0 Å². The molecule has 0 aromatic heterocycles. The van der Waals surface area contributed by atoms with Gasteiger partial charge in [-0.05, 0) is 25.7 Å². The molecule has 0 heterocycles. The van der Waals surface area contributed by atoms with Crippen molar-refractivity contribution < 1.29 is 4.79 Å². The third-order valence-electron chi connectivity index (χ3n) is 1.70. The molecule has 0 bridgehead atoms. The topological polar surface area (TPSA) is 29.1 Å². The molecular formula is C10H20BrNO. The highest BCUT2D eigenvalue weighted by atomic mass is 79.9. The van der Waals surface area contributed by atoms with Crippen LogP contribution in [-0.2, 0) is 4.79 Å². The minimum Gasteiger partial charge on any atom is -0.355 e. The van der Waals surface area contributed by atoms with Gasteiger partial charge < -0.3 is 5.32 Å². The average molecular weight is 250 g/mol. The summed E-state index contributed by atoms with van der Waals surface area (Å²) in [4.78, 5) is 11.4. The molecule has 3 heteroatoms. The number of nitrogens with one attached hydrogen (secondary N) is 1. The maximum absolute atomic E-state index is 11.4. The Hall–Kier alpha value is -0.0500. The van der Waals surface area contributed by atoms with Crippen molar-refractivity contribution in [1.29, 1.82) is 0 Å². The van der Waals surface area contributed by atoms with Crippen LogP contribution in [0.2, 0.25) is 0 Å². The van der Waals surface area contributed by atoms with Gasteiger partial charge >= 0.3 is 0 Å². The van der Waals surface area contributed by atoms with E-state index in [4.69, 9.17) is 0 Å². The van der Waals surface area contributed by atoms with Gasteiger partial charge in [0, 0.05) is 6.54 Å². The summed E-state index contributed by atoms with van der Waals surface area (Å²) >= 11 is 3.31. The van der Waals surface area contributed by atoms with Crippen molar-refractivity contribution in [2.24, 2.45) is 5.41 Å². The summed E-state index contributed by atoms with van der Waals surface area (Å²) in [5.74, 6) is 0.0525. The Morgan fingerprint density at radius 2 is 1.69 bits per heavy atom. The SMILES string of the molecule is CC(C)(C)CCNC(=O)C(C)(C)Br. The molecule has 2 nitrogen and oxygen atoms in total. The predicted octanol–water partition coefficient (Wildman–Crippen LogP) is 2.71. The molecule has 0 atom stereocenters. The second kappa shape index (κ2) is 4.45. The van der Waals surface area contributed by atoms with Crippen molar-refractivity contribution >= 4 is 21.8 Å². The molecule has 0 aromatic carbocycles. The number of hydrogen-bond donors (Lipinski definition) is 1. The molecule has 0 saturated heterocycles. The van der Waals surface area contributed by atoms with Crippen LogP contribution in [0.1, 0.15) is 41.0 Å². The van der Waals surface area contributed by atoms with E-state index in [-0.39, 0.29) is 11.3 Å². The van der Waals surface area contributed by atoms with Crippen LogP contribution in [-0.4, -0.2) is 16.8 Å². The van der Waals surface area contributed by atoms with Gasteiger partial charge in [-0.15, -0.1) is 0 Å². The number of halogens is 1. The van der Waals surface area contributed by atoms with E-state index < -0.39 is 4.32 Å². The molecular weight excluding hydrogens is 230 g/mol. The van der Waals surface area contributed by atoms with Gasteiger partial charge in [0.05, 0.1) is 4.32 Å². The first-order chi connectivity index (χ1) is 5.63. The third kappa shape index (κ3) is 7.05. The minimum absolute atomic E-state index is 0.0525. The molecule has 0 spiro atoms. The standard InChI is InChI=1S/C10H20BrNO/c1-9(2,3)6-7-12-8(13)10(4,5)11/h6-7H2,1-5H3,(H,12,13). The highest BCUT2D eigenvalue weighted by Gasteiger charge is 2.23. The van der Waals surface area contributed by atoms with E-state index in [1.165, 1.54) is 0 Å². The van der Waals surface area contributed by atoms with E-state index in [2.05, 4.69) is 42.0 Å². The maximum atomic E-state index is 11.4. The Kier molecular flexibility index (Phi) is 4.43. The molecule has 0 unspecified atom stereocenters. The zero-order chi connectivity index (χ0) is 10.7. The van der Waals surface area contributed by atoms with E-state index in [0.717, 1.165) is 13.0 Å². The smallest absolute Gasteiger partial charge is 0.236 e. The zero-order valence-electron chi connectivity index (χ0n) is 9.20. The van der Waals surface area contributed by atoms with Crippen molar-refractivity contribution in [2.45, 2.75) is 45.4 Å². The van der Waals surface area contributed by atoms with E-state index >= 15 is 0 Å². The third-order valence-corrected chi connectivity index (χ3v) is 2.06. The van der Waals surface area contributed by atoms with Crippen LogP contribution < -0.4 is 5.32 Å². The van der Waals surface area contributed by atoms with Crippen LogP contribution in [0.5, 0.6) is 0 Å². The van der Waals surface area contributed by atoms with Gasteiger partial charge in [0.25, 0.3) is 0 Å². The second-order valence-corrected chi connectivity index (χ2v) is 7.02. The number of hydrogen-bond acceptors (Lipinski definition) is 1. The molecule has 0 rings (SSSR count). The van der Waals surface area contributed by atoms with Crippen LogP contribution in [0.15, 0.2) is 0 Å². The summed E-state index contributed by atoms with van der Waals surface area (Å²) in [5, 5.41) is 2.89. The van der Waals surface area contributed by atoms with Gasteiger partial charge in [-0.2, -0.15) is 0 Å². The van der Waals surface area contributed by atoms with Gasteiger partial charge in [0.15, 0.2) is 0 Å². The Morgan fingerprint density at radius 1 is 1.23 bits per heavy atom. The van der Waals surface area contributed by atoms with Gasteiger partial charge in [0.2, 0.25) is 5.91 Å². The normalized spacial score (nSPS) is 12.8. The van der Waals surface area contributed by atoms with E-state index in [9.17, 15) is 4.79 Å². The van der Waals surface area contributed by atoms with Crippen molar-refractivity contribution in [3.05, 3.63) is 0 Å². The van der Waals surface area contributed by atoms with Crippen molar-refractivity contribution in [1.82, 2.24) is 5.32 Å². The summed E-state index contributed by atoms with van der Waals surface area (Å²) < 4.78 is -0.453. The number of carbonyl (C=O) groups excluding carboxylic acids is 1. The zero-order valence-corrected chi connectivity index (χ0v) is 10.8. The van der Waals surface area contributed by atoms with Crippen LogP contribution in [0.3, 0.4) is 0 Å². The van der Waals surface area contributed by atoms with Gasteiger partial charge in [-0.3, -0.25) is 4.79 Å². The number of alkyl halides is 1. The van der Waals surface area contributed by atoms with E-state index in [1.54, 1.807) is 0 Å². The van der Waals surface area contributed by atoms with Gasteiger partial charge in [-0.1, -0.05) is 36.7 Å². The van der Waals surface area contributed by atoms with Gasteiger partial charge in [-0.25, -0.2) is 0 Å². The monoisotopic (exact) mass is 249 g/mol. The Labute approximate surface area is 89.6 Å². The Balaban J connectivity index is 3.74. The Morgan fingerprint density at radius 3 is 2.00 bits per heavy atom. The molecule has 13 heavy (non-hydrogen) atoms. The number of carbonyl (C=O) groups is 1. The lowest BCUT2D eigenvalue weighted by atomic mass is 9.92. The van der Waals surface area contributed by atoms with Crippen molar-refractivity contribution in [2.75, 3.05) is 6.54 Å². The predicted molar refractivity (Wildman–Crippen MR) is 60.1 cm³/mol. The highest BCUT2D eigenvalue weighted by Crippen LogP contribution is 2.18. The first-order valence-corrected chi connectivity index (χ1v) is 5.39. The summed E-state index contributed by atoms with van der Waals surface area (Å²) in [6, 6.07) is 0. The van der Waals surface area contributed by atoms with E-state index in [1.807, 2.05) is 13.8 Å². The lowest BCUT2D eigenvalue weighted by molar-refractivity contribution is -0.122. The number of amides is 1. The molecule has 0 saturated carbocycles. The molecule has 78 valence electrons. The molecule has 0 aliphatic carbocycles. The first kappa shape index (κ1) is 12.9. The molecule has 1 N–H and O–H groups in total. The van der Waals surface area contributed by atoms with Crippen LogP contribution in [0, 0.1) is 5.41 Å². The summed E-state index contributed by atoms with van der Waals surface area (Å²) in [6.45, 7) is 10.9. The maximum Gasteiger partial charge on any atom is 0.236 e. The van der Waals surface area contributed by atoms with Crippen LogP contribution in [0.4, 0.5) is 0 Å². The summed E-state index contributed by atoms with van der Waals surface area (Å²) in [5.41, 5.74) is 0.281. The number of rotatable bonds is 3. The fourth-order valence-corrected chi connectivity index (χ4v) is 0.901.